The minimum Gasteiger partial charge on any atom is -0.508 e. The highest BCUT2D eigenvalue weighted by Gasteiger charge is 2.28. The maximum absolute atomic E-state index is 12.5. The van der Waals surface area contributed by atoms with Gasteiger partial charge in [-0.25, -0.2) is 4.79 Å². The zero-order valence-corrected chi connectivity index (χ0v) is 16.2. The van der Waals surface area contributed by atoms with E-state index in [1.54, 1.807) is 12.1 Å². The normalized spacial score (nSPS) is 28.0. The summed E-state index contributed by atoms with van der Waals surface area (Å²) in [4.78, 5) is 12.5. The summed E-state index contributed by atoms with van der Waals surface area (Å²) in [6.45, 7) is 8.13. The Balaban J connectivity index is 2.25. The first-order valence-corrected chi connectivity index (χ1v) is 9.21. The van der Waals surface area contributed by atoms with E-state index in [1.165, 1.54) is 17.7 Å². The molecule has 2 atom stereocenters. The molecule has 0 fully saturated rings. The van der Waals surface area contributed by atoms with Crippen LogP contribution in [0.3, 0.4) is 0 Å². The lowest BCUT2D eigenvalue weighted by Crippen LogP contribution is -2.29. The molecule has 1 unspecified atom stereocenters. The number of phenolic OH excluding ortho intramolecular Hbond substituents is 1. The number of carbonyl (C=O) groups is 1. The van der Waals surface area contributed by atoms with Crippen LogP contribution < -0.4 is 0 Å². The summed E-state index contributed by atoms with van der Waals surface area (Å²) in [5.74, 6) is -0.325. The molecule has 0 aliphatic heterocycles. The maximum Gasteiger partial charge on any atom is 0.338 e. The lowest BCUT2D eigenvalue weighted by Gasteiger charge is -2.29. The van der Waals surface area contributed by atoms with E-state index in [9.17, 15) is 15.0 Å². The van der Waals surface area contributed by atoms with Crippen molar-refractivity contribution in [2.75, 3.05) is 0 Å². The van der Waals surface area contributed by atoms with E-state index < -0.39 is 18.2 Å². The van der Waals surface area contributed by atoms with Gasteiger partial charge in [0.25, 0.3) is 0 Å². The van der Waals surface area contributed by atoms with Gasteiger partial charge in [0.2, 0.25) is 0 Å². The lowest BCUT2D eigenvalue weighted by molar-refractivity contribution is 0.0368. The van der Waals surface area contributed by atoms with Crippen LogP contribution in [0.25, 0.3) is 0 Å². The van der Waals surface area contributed by atoms with Crippen LogP contribution in [0, 0.1) is 5.41 Å². The van der Waals surface area contributed by atoms with Gasteiger partial charge >= 0.3 is 5.97 Å². The monoisotopic (exact) mass is 358 g/mol. The molecule has 0 amide bonds. The van der Waals surface area contributed by atoms with E-state index in [0.29, 0.717) is 12.0 Å². The quantitative estimate of drug-likeness (QED) is 0.590. The van der Waals surface area contributed by atoms with Crippen LogP contribution in [0.2, 0.25) is 0 Å². The van der Waals surface area contributed by atoms with E-state index in [2.05, 4.69) is 26.8 Å². The summed E-state index contributed by atoms with van der Waals surface area (Å²) in [7, 11) is 0. The second-order valence-electron chi connectivity index (χ2n) is 7.92. The molecule has 0 saturated carbocycles. The number of aliphatic hydroxyl groups excluding tert-OH is 1. The first-order valence-electron chi connectivity index (χ1n) is 9.21. The average molecular weight is 358 g/mol. The largest absolute Gasteiger partial charge is 0.508 e. The zero-order valence-electron chi connectivity index (χ0n) is 16.2. The fraction of sp³-hybridized carbons (Fsp3) is 0.500. The average Bonchev–Trinajstić information content (AvgIpc) is 2.59. The van der Waals surface area contributed by atoms with Gasteiger partial charge in [0.15, 0.2) is 0 Å². The van der Waals surface area contributed by atoms with Gasteiger partial charge in [-0.1, -0.05) is 31.6 Å². The molecule has 0 radical (unpaired) electrons. The van der Waals surface area contributed by atoms with E-state index >= 15 is 0 Å². The molecular formula is C22H30O4. The number of aliphatic hydroxyl groups is 1. The Labute approximate surface area is 156 Å². The second-order valence-corrected chi connectivity index (χ2v) is 7.92. The standard InChI is InChI=1S/C22H30O4/c1-15-6-5-13-22(3,4)20(24)14-16(2)19(12-7-15)26-21(25)17-8-10-18(23)11-9-17/h7-11,14,19-20,23-24H,5-6,12-13H2,1-4H3/b15-7+,16-14+/t19?,20-/m1/s1. The minimum absolute atomic E-state index is 0.108. The van der Waals surface area contributed by atoms with E-state index in [-0.39, 0.29) is 11.2 Å². The van der Waals surface area contributed by atoms with Crippen molar-refractivity contribution in [3.63, 3.8) is 0 Å². The molecule has 1 aromatic rings. The van der Waals surface area contributed by atoms with Crippen molar-refractivity contribution in [3.8, 4) is 5.75 Å². The third kappa shape index (κ3) is 5.46. The number of benzene rings is 1. The topological polar surface area (TPSA) is 66.8 Å². The molecule has 2 N–H and O–H groups in total. The van der Waals surface area contributed by atoms with Gasteiger partial charge in [0, 0.05) is 6.42 Å². The summed E-state index contributed by atoms with van der Waals surface area (Å²) in [6, 6.07) is 6.02. The Morgan fingerprint density at radius 3 is 2.50 bits per heavy atom. The Morgan fingerprint density at radius 1 is 1.19 bits per heavy atom. The van der Waals surface area contributed by atoms with Crippen molar-refractivity contribution in [1.29, 1.82) is 0 Å². The van der Waals surface area contributed by atoms with Crippen LogP contribution in [-0.4, -0.2) is 28.4 Å². The number of rotatable bonds is 2. The molecule has 0 heterocycles. The molecule has 26 heavy (non-hydrogen) atoms. The molecule has 0 saturated heterocycles. The summed E-state index contributed by atoms with van der Waals surface area (Å²) < 4.78 is 5.72. The van der Waals surface area contributed by atoms with Gasteiger partial charge in [0.1, 0.15) is 11.9 Å². The molecular weight excluding hydrogens is 328 g/mol. The van der Waals surface area contributed by atoms with Crippen LogP contribution in [0.1, 0.15) is 63.7 Å². The molecule has 1 aliphatic rings. The summed E-state index contributed by atoms with van der Waals surface area (Å²) in [5, 5.41) is 20.0. The SMILES string of the molecule is C/C1=C\CC(OC(=O)c2ccc(O)cc2)/C(C)=C/[C@@H](O)C(C)(C)CCC1. The zero-order chi connectivity index (χ0) is 19.3. The van der Waals surface area contributed by atoms with Gasteiger partial charge in [-0.05, 0) is 68.4 Å². The fourth-order valence-electron chi connectivity index (χ4n) is 3.08. The molecule has 1 aliphatic carbocycles. The van der Waals surface area contributed by atoms with Crippen LogP contribution in [0.15, 0.2) is 47.6 Å². The van der Waals surface area contributed by atoms with Crippen molar-refractivity contribution in [3.05, 3.63) is 53.1 Å². The number of carbonyl (C=O) groups excluding carboxylic acids is 1. The highest BCUT2D eigenvalue weighted by molar-refractivity contribution is 5.89. The second kappa shape index (κ2) is 8.54. The van der Waals surface area contributed by atoms with Gasteiger partial charge < -0.3 is 14.9 Å². The number of ether oxygens (including phenoxy) is 1. The summed E-state index contributed by atoms with van der Waals surface area (Å²) in [6.07, 6.45) is 6.46. The van der Waals surface area contributed by atoms with E-state index in [1.807, 2.05) is 13.0 Å². The molecule has 0 spiro atoms. The van der Waals surface area contributed by atoms with Gasteiger partial charge in [-0.2, -0.15) is 0 Å². The highest BCUT2D eigenvalue weighted by Crippen LogP contribution is 2.31. The number of aromatic hydroxyl groups is 1. The Morgan fingerprint density at radius 2 is 1.85 bits per heavy atom. The molecule has 142 valence electrons. The number of hydrogen-bond acceptors (Lipinski definition) is 4. The number of phenols is 1. The molecule has 0 bridgehead atoms. The van der Waals surface area contributed by atoms with Crippen molar-refractivity contribution in [2.24, 2.45) is 5.41 Å². The maximum atomic E-state index is 12.5. The van der Waals surface area contributed by atoms with Crippen molar-refractivity contribution < 1.29 is 19.7 Å². The molecule has 0 aromatic heterocycles. The van der Waals surface area contributed by atoms with Gasteiger partial charge in [0.05, 0.1) is 11.7 Å². The van der Waals surface area contributed by atoms with Crippen LogP contribution >= 0.6 is 0 Å². The van der Waals surface area contributed by atoms with Crippen LogP contribution in [0.5, 0.6) is 5.75 Å². The first kappa shape index (κ1) is 20.2. The van der Waals surface area contributed by atoms with E-state index in [4.69, 9.17) is 4.74 Å². The molecule has 4 nitrogen and oxygen atoms in total. The van der Waals surface area contributed by atoms with Crippen LogP contribution in [-0.2, 0) is 4.74 Å². The first-order chi connectivity index (χ1) is 12.2. The van der Waals surface area contributed by atoms with Crippen molar-refractivity contribution >= 4 is 5.97 Å². The summed E-state index contributed by atoms with van der Waals surface area (Å²) in [5.41, 5.74) is 2.29. The van der Waals surface area contributed by atoms with E-state index in [0.717, 1.165) is 24.8 Å². The Bertz CT molecular complexity index is 683. The summed E-state index contributed by atoms with van der Waals surface area (Å²) >= 11 is 0. The number of allylic oxidation sites excluding steroid dienone is 1. The fourth-order valence-corrected chi connectivity index (χ4v) is 3.08. The molecule has 2 rings (SSSR count). The predicted octanol–water partition coefficient (Wildman–Crippen LogP) is 4.77. The number of esters is 1. The lowest BCUT2D eigenvalue weighted by atomic mass is 9.80. The molecule has 1 aromatic carbocycles. The molecule has 4 heteroatoms. The van der Waals surface area contributed by atoms with Gasteiger partial charge in [-0.15, -0.1) is 0 Å². The smallest absolute Gasteiger partial charge is 0.338 e. The van der Waals surface area contributed by atoms with Crippen LogP contribution in [0.4, 0.5) is 0 Å². The third-order valence-corrected chi connectivity index (χ3v) is 5.15. The third-order valence-electron chi connectivity index (χ3n) is 5.15. The van der Waals surface area contributed by atoms with Crippen molar-refractivity contribution in [2.45, 2.75) is 65.6 Å². The highest BCUT2D eigenvalue weighted by atomic mass is 16.5. The predicted molar refractivity (Wildman–Crippen MR) is 103 cm³/mol. The Kier molecular flexibility index (Phi) is 6.65. The van der Waals surface area contributed by atoms with Gasteiger partial charge in [-0.3, -0.25) is 0 Å². The Hall–Kier alpha value is -2.07. The van der Waals surface area contributed by atoms with Crippen molar-refractivity contribution in [1.82, 2.24) is 0 Å². The number of hydrogen-bond donors (Lipinski definition) is 2. The minimum atomic E-state index is -0.587.